The zero-order chi connectivity index (χ0) is 22.6. The van der Waals surface area contributed by atoms with Crippen molar-refractivity contribution in [2.75, 3.05) is 11.5 Å². The van der Waals surface area contributed by atoms with Crippen molar-refractivity contribution in [1.82, 2.24) is 16.1 Å². The molecule has 0 aromatic heterocycles. The lowest BCUT2D eigenvalue weighted by Gasteiger charge is -2.19. The summed E-state index contributed by atoms with van der Waals surface area (Å²) in [6, 6.07) is 11.9. The van der Waals surface area contributed by atoms with Gasteiger partial charge in [-0.15, -0.1) is 0 Å². The third kappa shape index (κ3) is 8.56. The molecule has 4 N–H and O–H groups in total. The molecule has 0 heterocycles. The summed E-state index contributed by atoms with van der Waals surface area (Å²) in [5, 5.41) is 13.9. The molecule has 1 atom stereocenters. The van der Waals surface area contributed by atoms with E-state index in [2.05, 4.69) is 10.6 Å². The third-order valence-electron chi connectivity index (χ3n) is 4.21. The first kappa shape index (κ1) is 24.6. The second kappa shape index (κ2) is 12.9. The second-order valence-corrected chi connectivity index (χ2v) is 8.12. The van der Waals surface area contributed by atoms with E-state index in [9.17, 15) is 18.8 Å². The first-order chi connectivity index (χ1) is 14.9. The molecule has 2 aromatic rings. The Morgan fingerprint density at radius 2 is 1.87 bits per heavy atom. The molecule has 0 spiro atoms. The van der Waals surface area contributed by atoms with E-state index >= 15 is 0 Å². The lowest BCUT2D eigenvalue weighted by molar-refractivity contribution is -0.129. The lowest BCUT2D eigenvalue weighted by Crippen LogP contribution is -2.48. The van der Waals surface area contributed by atoms with E-state index in [1.807, 2.05) is 30.3 Å². The first-order valence-corrected chi connectivity index (χ1v) is 11.0. The van der Waals surface area contributed by atoms with E-state index in [-0.39, 0.29) is 28.7 Å². The number of amides is 3. The van der Waals surface area contributed by atoms with Gasteiger partial charge in [0, 0.05) is 18.7 Å². The Kier molecular flexibility index (Phi) is 10.3. The van der Waals surface area contributed by atoms with Crippen LogP contribution < -0.4 is 16.1 Å². The van der Waals surface area contributed by atoms with Gasteiger partial charge in [-0.05, 0) is 35.9 Å². The molecule has 0 bridgehead atoms. The summed E-state index contributed by atoms with van der Waals surface area (Å²) in [6.07, 6.45) is 0.638. The van der Waals surface area contributed by atoms with Gasteiger partial charge in [0.05, 0.1) is 10.6 Å². The molecule has 7 nitrogen and oxygen atoms in total. The van der Waals surface area contributed by atoms with Crippen molar-refractivity contribution in [2.45, 2.75) is 25.4 Å². The molecular weight excluding hydrogens is 445 g/mol. The summed E-state index contributed by atoms with van der Waals surface area (Å²) in [5.74, 6) is -1.23. The number of carbonyl (C=O) groups is 3. The SMILES string of the molecule is O=C(CCCSC[C@H](NC(=O)c1ccc(F)cc1Cl)C(=O)NCc1ccccc1)NO. The highest BCUT2D eigenvalue weighted by Gasteiger charge is 2.22. The molecule has 10 heteroatoms. The number of benzene rings is 2. The van der Waals surface area contributed by atoms with E-state index < -0.39 is 23.7 Å². The van der Waals surface area contributed by atoms with Crippen LogP contribution in [0, 0.1) is 5.82 Å². The first-order valence-electron chi connectivity index (χ1n) is 9.49. The lowest BCUT2D eigenvalue weighted by atomic mass is 10.2. The molecule has 3 amide bonds. The highest BCUT2D eigenvalue weighted by Crippen LogP contribution is 2.17. The highest BCUT2D eigenvalue weighted by molar-refractivity contribution is 7.99. The summed E-state index contributed by atoms with van der Waals surface area (Å²) < 4.78 is 13.3. The molecule has 2 rings (SSSR count). The van der Waals surface area contributed by atoms with Gasteiger partial charge in [-0.2, -0.15) is 11.8 Å². The Labute approximate surface area is 188 Å². The highest BCUT2D eigenvalue weighted by atomic mass is 35.5. The summed E-state index contributed by atoms with van der Waals surface area (Å²) >= 11 is 7.33. The molecule has 166 valence electrons. The molecular formula is C21H23ClFN3O4S. The van der Waals surface area contributed by atoms with Gasteiger partial charge in [0.1, 0.15) is 11.9 Å². The number of hydrogen-bond donors (Lipinski definition) is 4. The van der Waals surface area contributed by atoms with Gasteiger partial charge < -0.3 is 10.6 Å². The molecule has 0 saturated heterocycles. The number of thioether (sulfide) groups is 1. The van der Waals surface area contributed by atoms with Crippen LogP contribution in [-0.4, -0.2) is 40.5 Å². The normalized spacial score (nSPS) is 11.5. The van der Waals surface area contributed by atoms with Crippen molar-refractivity contribution >= 4 is 41.1 Å². The number of carbonyl (C=O) groups excluding carboxylic acids is 3. The molecule has 2 aromatic carbocycles. The van der Waals surface area contributed by atoms with E-state index in [1.54, 1.807) is 5.48 Å². The second-order valence-electron chi connectivity index (χ2n) is 6.57. The Balaban J connectivity index is 1.98. The maximum atomic E-state index is 13.3. The predicted molar refractivity (Wildman–Crippen MR) is 117 cm³/mol. The fourth-order valence-electron chi connectivity index (χ4n) is 2.59. The minimum absolute atomic E-state index is 0.0522. The molecule has 0 aliphatic rings. The van der Waals surface area contributed by atoms with Gasteiger partial charge in [-0.3, -0.25) is 19.6 Å². The standard InChI is InChI=1S/C21H23ClFN3O4S/c22-17-11-15(23)8-9-16(17)20(28)25-18(13-31-10-4-7-19(27)26-30)21(29)24-12-14-5-2-1-3-6-14/h1-3,5-6,8-9,11,18,30H,4,7,10,12-13H2,(H,24,29)(H,25,28)(H,26,27)/t18-/m0/s1. The molecule has 31 heavy (non-hydrogen) atoms. The molecule has 0 radical (unpaired) electrons. The van der Waals surface area contributed by atoms with E-state index in [4.69, 9.17) is 16.8 Å². The summed E-state index contributed by atoms with van der Waals surface area (Å²) in [5.41, 5.74) is 2.53. The van der Waals surface area contributed by atoms with Crippen LogP contribution >= 0.6 is 23.4 Å². The van der Waals surface area contributed by atoms with Gasteiger partial charge in [0.2, 0.25) is 11.8 Å². The summed E-state index contributed by atoms with van der Waals surface area (Å²) in [7, 11) is 0. The zero-order valence-electron chi connectivity index (χ0n) is 16.6. The Morgan fingerprint density at radius 1 is 1.13 bits per heavy atom. The quantitative estimate of drug-likeness (QED) is 0.231. The molecule has 0 aliphatic heterocycles. The van der Waals surface area contributed by atoms with Crippen molar-refractivity contribution in [1.29, 1.82) is 0 Å². The van der Waals surface area contributed by atoms with Crippen LogP contribution in [0.4, 0.5) is 4.39 Å². The minimum atomic E-state index is -0.867. The number of halogens is 2. The van der Waals surface area contributed by atoms with E-state index in [1.165, 1.54) is 17.8 Å². The molecule has 0 saturated carbocycles. The van der Waals surface area contributed by atoms with E-state index in [0.29, 0.717) is 18.7 Å². The van der Waals surface area contributed by atoms with Crippen LogP contribution in [0.3, 0.4) is 0 Å². The molecule has 0 unspecified atom stereocenters. The molecule has 0 aliphatic carbocycles. The van der Waals surface area contributed by atoms with Crippen molar-refractivity contribution in [3.8, 4) is 0 Å². The van der Waals surface area contributed by atoms with Crippen LogP contribution in [0.15, 0.2) is 48.5 Å². The number of hydrogen-bond acceptors (Lipinski definition) is 5. The van der Waals surface area contributed by atoms with Crippen LogP contribution in [0.1, 0.15) is 28.8 Å². The average molecular weight is 468 g/mol. The minimum Gasteiger partial charge on any atom is -0.350 e. The topological polar surface area (TPSA) is 108 Å². The predicted octanol–water partition coefficient (Wildman–Crippen LogP) is 2.91. The molecule has 0 fully saturated rings. The van der Waals surface area contributed by atoms with Gasteiger partial charge in [-0.25, -0.2) is 9.87 Å². The van der Waals surface area contributed by atoms with Crippen LogP contribution in [0.25, 0.3) is 0 Å². The Bertz CT molecular complexity index is 901. The number of rotatable bonds is 11. The number of nitrogens with one attached hydrogen (secondary N) is 3. The van der Waals surface area contributed by atoms with Gasteiger partial charge >= 0.3 is 0 Å². The summed E-state index contributed by atoms with van der Waals surface area (Å²) in [4.78, 5) is 36.4. The van der Waals surface area contributed by atoms with Gasteiger partial charge in [0.25, 0.3) is 5.91 Å². The van der Waals surface area contributed by atoms with Crippen LogP contribution in [0.2, 0.25) is 5.02 Å². The van der Waals surface area contributed by atoms with Crippen molar-refractivity contribution < 1.29 is 24.0 Å². The smallest absolute Gasteiger partial charge is 0.253 e. The average Bonchev–Trinajstić information content (AvgIpc) is 2.76. The van der Waals surface area contributed by atoms with Crippen LogP contribution in [-0.2, 0) is 16.1 Å². The summed E-state index contributed by atoms with van der Waals surface area (Å²) in [6.45, 7) is 0.296. The van der Waals surface area contributed by atoms with Crippen LogP contribution in [0.5, 0.6) is 0 Å². The number of hydroxylamine groups is 1. The Morgan fingerprint density at radius 3 is 2.55 bits per heavy atom. The fourth-order valence-corrected chi connectivity index (χ4v) is 3.83. The Hall–Kier alpha value is -2.62. The van der Waals surface area contributed by atoms with Crippen molar-refractivity contribution in [2.24, 2.45) is 0 Å². The maximum Gasteiger partial charge on any atom is 0.253 e. The third-order valence-corrected chi connectivity index (χ3v) is 5.67. The zero-order valence-corrected chi connectivity index (χ0v) is 18.1. The van der Waals surface area contributed by atoms with Gasteiger partial charge in [0.15, 0.2) is 0 Å². The fraction of sp³-hybridized carbons (Fsp3) is 0.286. The van der Waals surface area contributed by atoms with E-state index in [0.717, 1.165) is 17.7 Å². The largest absolute Gasteiger partial charge is 0.350 e. The van der Waals surface area contributed by atoms with Crippen molar-refractivity contribution in [3.05, 3.63) is 70.5 Å². The van der Waals surface area contributed by atoms with Crippen molar-refractivity contribution in [3.63, 3.8) is 0 Å². The monoisotopic (exact) mass is 467 g/mol. The van der Waals surface area contributed by atoms with Gasteiger partial charge in [-0.1, -0.05) is 41.9 Å². The maximum absolute atomic E-state index is 13.3.